The molecule has 2 atom stereocenters. The van der Waals surface area contributed by atoms with Gasteiger partial charge in [0.1, 0.15) is 0 Å². The van der Waals surface area contributed by atoms with Gasteiger partial charge in [-0.25, -0.2) is 0 Å². The second-order valence-corrected chi connectivity index (χ2v) is 4.67. The van der Waals surface area contributed by atoms with Crippen LogP contribution in [-0.4, -0.2) is 28.7 Å². The van der Waals surface area contributed by atoms with Crippen molar-refractivity contribution in [3.8, 4) is 0 Å². The van der Waals surface area contributed by atoms with Crippen LogP contribution in [0, 0.1) is 0 Å². The lowest BCUT2D eigenvalue weighted by atomic mass is 10.2. The molecule has 1 fully saturated rings. The molecule has 1 aliphatic rings. The van der Waals surface area contributed by atoms with Crippen molar-refractivity contribution in [1.82, 2.24) is 5.32 Å². The molecule has 1 aliphatic heterocycles. The highest BCUT2D eigenvalue weighted by atomic mass is 32.2. The maximum atomic E-state index is 11.1. The molecule has 0 radical (unpaired) electrons. The molecule has 1 heterocycles. The zero-order valence-electron chi connectivity index (χ0n) is 6.54. The number of rotatable bonds is 2. The van der Waals surface area contributed by atoms with E-state index < -0.39 is 0 Å². The van der Waals surface area contributed by atoms with Gasteiger partial charge in [0.05, 0.1) is 5.25 Å². The van der Waals surface area contributed by atoms with E-state index in [1.807, 2.05) is 11.8 Å². The normalized spacial score (nSPS) is 26.5. The van der Waals surface area contributed by atoms with E-state index in [0.717, 1.165) is 12.2 Å². The molecule has 0 aliphatic carbocycles. The van der Waals surface area contributed by atoms with E-state index in [9.17, 15) is 4.79 Å². The highest BCUT2D eigenvalue weighted by Gasteiger charge is 2.18. The van der Waals surface area contributed by atoms with Crippen molar-refractivity contribution in [2.75, 3.05) is 11.5 Å². The topological polar surface area (TPSA) is 29.1 Å². The van der Waals surface area contributed by atoms with Gasteiger partial charge < -0.3 is 5.32 Å². The zero-order valence-corrected chi connectivity index (χ0v) is 8.25. The van der Waals surface area contributed by atoms with Crippen molar-refractivity contribution in [2.45, 2.75) is 24.6 Å². The molecular weight excluding hydrogens is 178 g/mol. The summed E-state index contributed by atoms with van der Waals surface area (Å²) in [6.07, 6.45) is 1.11. The summed E-state index contributed by atoms with van der Waals surface area (Å²) in [5.74, 6) is 2.29. The Morgan fingerprint density at radius 1 is 1.82 bits per heavy atom. The predicted molar refractivity (Wildman–Crippen MR) is 52.3 cm³/mol. The van der Waals surface area contributed by atoms with Crippen LogP contribution in [0.1, 0.15) is 13.3 Å². The quantitative estimate of drug-likeness (QED) is 0.636. The van der Waals surface area contributed by atoms with Gasteiger partial charge in [-0.05, 0) is 19.1 Å². The van der Waals surface area contributed by atoms with Crippen molar-refractivity contribution in [2.24, 2.45) is 0 Å². The summed E-state index contributed by atoms with van der Waals surface area (Å²) < 4.78 is 0. The lowest BCUT2D eigenvalue weighted by Gasteiger charge is -2.12. The molecule has 2 nitrogen and oxygen atoms in total. The van der Waals surface area contributed by atoms with Gasteiger partial charge in [-0.1, -0.05) is 0 Å². The minimum absolute atomic E-state index is 0.0563. The van der Waals surface area contributed by atoms with E-state index in [1.54, 1.807) is 6.92 Å². The molecule has 0 bridgehead atoms. The Labute approximate surface area is 76.9 Å². The molecule has 1 N–H and O–H groups in total. The number of amides is 1. The van der Waals surface area contributed by atoms with Crippen LogP contribution in [0.3, 0.4) is 0 Å². The van der Waals surface area contributed by atoms with Gasteiger partial charge >= 0.3 is 0 Å². The van der Waals surface area contributed by atoms with Gasteiger partial charge in [-0.15, -0.1) is 0 Å². The van der Waals surface area contributed by atoms with E-state index in [2.05, 4.69) is 17.9 Å². The Hall–Kier alpha value is 0.170. The number of carbonyl (C=O) groups is 1. The van der Waals surface area contributed by atoms with Crippen molar-refractivity contribution in [3.63, 3.8) is 0 Å². The SMILES string of the molecule is CC(S)C(=O)NC1CCSC1. The third-order valence-corrected chi connectivity index (χ3v) is 3.05. The summed E-state index contributed by atoms with van der Waals surface area (Å²) in [7, 11) is 0. The smallest absolute Gasteiger partial charge is 0.232 e. The average molecular weight is 191 g/mol. The van der Waals surface area contributed by atoms with Crippen LogP contribution in [0.15, 0.2) is 0 Å². The van der Waals surface area contributed by atoms with Gasteiger partial charge in [0.2, 0.25) is 5.91 Å². The third kappa shape index (κ3) is 2.95. The Morgan fingerprint density at radius 2 is 2.55 bits per heavy atom. The molecule has 0 aromatic carbocycles. The van der Waals surface area contributed by atoms with Gasteiger partial charge in [-0.3, -0.25) is 4.79 Å². The predicted octanol–water partition coefficient (Wildman–Crippen LogP) is 0.926. The monoisotopic (exact) mass is 191 g/mol. The lowest BCUT2D eigenvalue weighted by Crippen LogP contribution is -2.38. The van der Waals surface area contributed by atoms with Gasteiger partial charge in [0.15, 0.2) is 0 Å². The second-order valence-electron chi connectivity index (χ2n) is 2.75. The van der Waals surface area contributed by atoms with Crippen LogP contribution in [0.2, 0.25) is 0 Å². The summed E-state index contributed by atoms with van der Waals surface area (Å²) in [5, 5.41) is 2.76. The fourth-order valence-electron chi connectivity index (χ4n) is 0.970. The summed E-state index contributed by atoms with van der Waals surface area (Å²) in [6.45, 7) is 1.79. The first-order valence-electron chi connectivity index (χ1n) is 3.76. The summed E-state index contributed by atoms with van der Waals surface area (Å²) in [4.78, 5) is 11.1. The van der Waals surface area contributed by atoms with E-state index >= 15 is 0 Å². The Morgan fingerprint density at radius 3 is 3.00 bits per heavy atom. The van der Waals surface area contributed by atoms with Crippen LogP contribution < -0.4 is 5.32 Å². The number of hydrogen-bond donors (Lipinski definition) is 2. The van der Waals surface area contributed by atoms with E-state index in [1.165, 1.54) is 5.75 Å². The van der Waals surface area contributed by atoms with Crippen LogP contribution in [0.25, 0.3) is 0 Å². The molecular formula is C7H13NOS2. The molecule has 0 saturated carbocycles. The molecule has 0 aromatic rings. The summed E-state index contributed by atoms with van der Waals surface area (Å²) in [6, 6.07) is 0.391. The molecule has 1 saturated heterocycles. The van der Waals surface area contributed by atoms with Gasteiger partial charge in [-0.2, -0.15) is 24.4 Å². The summed E-state index contributed by atoms with van der Waals surface area (Å²) >= 11 is 5.94. The largest absolute Gasteiger partial charge is 0.352 e. The second kappa shape index (κ2) is 4.26. The minimum Gasteiger partial charge on any atom is -0.352 e. The Kier molecular flexibility index (Phi) is 3.59. The number of hydrogen-bond acceptors (Lipinski definition) is 3. The van der Waals surface area contributed by atoms with Crippen molar-refractivity contribution in [3.05, 3.63) is 0 Å². The van der Waals surface area contributed by atoms with E-state index in [4.69, 9.17) is 0 Å². The summed E-state index contributed by atoms with van der Waals surface area (Å²) in [5.41, 5.74) is 0. The number of thioether (sulfide) groups is 1. The molecule has 1 rings (SSSR count). The zero-order chi connectivity index (χ0) is 8.27. The van der Waals surface area contributed by atoms with Gasteiger partial charge in [0.25, 0.3) is 0 Å². The molecule has 1 amide bonds. The van der Waals surface area contributed by atoms with E-state index in [-0.39, 0.29) is 11.2 Å². The average Bonchev–Trinajstić information content (AvgIpc) is 2.39. The first-order valence-corrected chi connectivity index (χ1v) is 5.43. The molecule has 0 aromatic heterocycles. The number of thiol groups is 1. The van der Waals surface area contributed by atoms with Crippen molar-refractivity contribution >= 4 is 30.3 Å². The van der Waals surface area contributed by atoms with Crippen LogP contribution >= 0.6 is 24.4 Å². The van der Waals surface area contributed by atoms with E-state index in [0.29, 0.717) is 6.04 Å². The molecule has 64 valence electrons. The molecule has 2 unspecified atom stereocenters. The van der Waals surface area contributed by atoms with Crippen LogP contribution in [0.4, 0.5) is 0 Å². The highest BCUT2D eigenvalue weighted by Crippen LogP contribution is 2.17. The molecule has 0 spiro atoms. The first-order chi connectivity index (χ1) is 5.20. The number of carbonyl (C=O) groups excluding carboxylic acids is 1. The maximum absolute atomic E-state index is 11.1. The lowest BCUT2D eigenvalue weighted by molar-refractivity contribution is -0.120. The molecule has 11 heavy (non-hydrogen) atoms. The highest BCUT2D eigenvalue weighted by molar-refractivity contribution is 7.99. The third-order valence-electron chi connectivity index (χ3n) is 1.66. The first kappa shape index (κ1) is 9.26. The van der Waals surface area contributed by atoms with Crippen LogP contribution in [0.5, 0.6) is 0 Å². The molecule has 4 heteroatoms. The van der Waals surface area contributed by atoms with Crippen LogP contribution in [-0.2, 0) is 4.79 Å². The van der Waals surface area contributed by atoms with Crippen molar-refractivity contribution in [1.29, 1.82) is 0 Å². The number of nitrogens with one attached hydrogen (secondary N) is 1. The standard InChI is InChI=1S/C7H13NOS2/c1-5(10)7(9)8-6-2-3-11-4-6/h5-6,10H,2-4H2,1H3,(H,8,9). The van der Waals surface area contributed by atoms with Crippen molar-refractivity contribution < 1.29 is 4.79 Å². The fourth-order valence-corrected chi connectivity index (χ4v) is 2.20. The fraction of sp³-hybridized carbons (Fsp3) is 0.857. The Bertz CT molecular complexity index is 143. The Balaban J connectivity index is 2.24. The maximum Gasteiger partial charge on any atom is 0.232 e. The minimum atomic E-state index is -0.180. The van der Waals surface area contributed by atoms with Gasteiger partial charge in [0, 0.05) is 11.8 Å².